The molecule has 16 heavy (non-hydrogen) atoms. The molecule has 2 rings (SSSR count). The Morgan fingerprint density at radius 2 is 2.31 bits per heavy atom. The molecule has 4 nitrogen and oxygen atoms in total. The minimum atomic E-state index is 0.324. The van der Waals surface area contributed by atoms with Crippen LogP contribution in [0, 0.1) is 0 Å². The molecule has 1 aromatic rings. The van der Waals surface area contributed by atoms with Gasteiger partial charge in [-0.1, -0.05) is 0 Å². The molecule has 0 bridgehead atoms. The molecule has 0 aromatic carbocycles. The predicted molar refractivity (Wildman–Crippen MR) is 66.0 cm³/mol. The van der Waals surface area contributed by atoms with Gasteiger partial charge in [-0.3, -0.25) is 0 Å². The first-order valence-electron chi connectivity index (χ1n) is 5.57. The molecular formula is C11H17ClN4. The second kappa shape index (κ2) is 4.97. The maximum Gasteiger partial charge on any atom is 0.224 e. The molecule has 0 amide bonds. The van der Waals surface area contributed by atoms with Crippen LogP contribution in [-0.4, -0.2) is 48.1 Å². The lowest BCUT2D eigenvalue weighted by atomic mass is 10.1. The van der Waals surface area contributed by atoms with Gasteiger partial charge in [0.15, 0.2) is 0 Å². The van der Waals surface area contributed by atoms with Crippen molar-refractivity contribution in [2.24, 2.45) is 0 Å². The van der Waals surface area contributed by atoms with E-state index in [1.807, 2.05) is 6.07 Å². The van der Waals surface area contributed by atoms with E-state index in [1.54, 1.807) is 6.20 Å². The van der Waals surface area contributed by atoms with Crippen molar-refractivity contribution in [3.8, 4) is 0 Å². The van der Waals surface area contributed by atoms with E-state index in [2.05, 4.69) is 33.9 Å². The van der Waals surface area contributed by atoms with Crippen LogP contribution in [0.15, 0.2) is 12.3 Å². The highest BCUT2D eigenvalue weighted by molar-refractivity contribution is 6.28. The second-order valence-electron chi connectivity index (χ2n) is 4.39. The second-order valence-corrected chi connectivity index (χ2v) is 4.73. The number of aromatic nitrogens is 2. The van der Waals surface area contributed by atoms with Gasteiger partial charge in [0.05, 0.1) is 0 Å². The molecule has 2 heterocycles. The first kappa shape index (κ1) is 11.6. The Bertz CT molecular complexity index is 356. The van der Waals surface area contributed by atoms with Gasteiger partial charge in [-0.25, -0.2) is 9.97 Å². The topological polar surface area (TPSA) is 32.3 Å². The molecule has 1 fully saturated rings. The lowest BCUT2D eigenvalue weighted by molar-refractivity contribution is 0.257. The smallest absolute Gasteiger partial charge is 0.224 e. The van der Waals surface area contributed by atoms with Crippen molar-refractivity contribution in [3.63, 3.8) is 0 Å². The number of hydrogen-bond donors (Lipinski definition) is 0. The van der Waals surface area contributed by atoms with Crippen LogP contribution in [0.3, 0.4) is 0 Å². The summed E-state index contributed by atoms with van der Waals surface area (Å²) in [4.78, 5) is 12.7. The van der Waals surface area contributed by atoms with Gasteiger partial charge in [-0.15, -0.1) is 0 Å². The molecule has 1 aliphatic heterocycles. The standard InChI is InChI=1S/C11H17ClN4/c1-15(2)9-4-3-7-16(8-9)10-5-6-13-11(12)14-10/h5-6,9H,3-4,7-8H2,1-2H3. The third-order valence-electron chi connectivity index (χ3n) is 3.06. The Kier molecular flexibility index (Phi) is 3.61. The Hall–Kier alpha value is -0.870. The molecule has 1 aliphatic rings. The molecular weight excluding hydrogens is 224 g/mol. The Balaban J connectivity index is 2.09. The monoisotopic (exact) mass is 240 g/mol. The summed E-state index contributed by atoms with van der Waals surface area (Å²) in [5.41, 5.74) is 0. The minimum absolute atomic E-state index is 0.324. The van der Waals surface area contributed by atoms with Crippen molar-refractivity contribution >= 4 is 17.4 Å². The molecule has 0 N–H and O–H groups in total. The molecule has 0 radical (unpaired) electrons. The van der Waals surface area contributed by atoms with E-state index < -0.39 is 0 Å². The van der Waals surface area contributed by atoms with Gasteiger partial charge in [-0.05, 0) is 44.6 Å². The van der Waals surface area contributed by atoms with Crippen LogP contribution in [0.2, 0.25) is 5.28 Å². The number of piperidine rings is 1. The van der Waals surface area contributed by atoms with Crippen molar-refractivity contribution in [1.29, 1.82) is 0 Å². The van der Waals surface area contributed by atoms with Gasteiger partial charge in [-0.2, -0.15) is 0 Å². The molecule has 1 saturated heterocycles. The first-order valence-corrected chi connectivity index (χ1v) is 5.94. The Morgan fingerprint density at radius 3 is 3.00 bits per heavy atom. The zero-order valence-corrected chi connectivity index (χ0v) is 10.5. The highest BCUT2D eigenvalue weighted by Gasteiger charge is 2.22. The molecule has 0 spiro atoms. The summed E-state index contributed by atoms with van der Waals surface area (Å²) >= 11 is 5.80. The van der Waals surface area contributed by atoms with E-state index in [9.17, 15) is 0 Å². The van der Waals surface area contributed by atoms with Crippen molar-refractivity contribution in [2.45, 2.75) is 18.9 Å². The summed E-state index contributed by atoms with van der Waals surface area (Å²) in [6, 6.07) is 2.52. The fraction of sp³-hybridized carbons (Fsp3) is 0.636. The molecule has 1 unspecified atom stereocenters. The van der Waals surface area contributed by atoms with Crippen LogP contribution in [0.5, 0.6) is 0 Å². The third kappa shape index (κ3) is 2.62. The summed E-state index contributed by atoms with van der Waals surface area (Å²) in [6.45, 7) is 2.07. The number of likely N-dealkylation sites (N-methyl/N-ethyl adjacent to an activating group) is 1. The summed E-state index contributed by atoms with van der Waals surface area (Å²) < 4.78 is 0. The third-order valence-corrected chi connectivity index (χ3v) is 3.24. The van der Waals surface area contributed by atoms with E-state index in [0.29, 0.717) is 11.3 Å². The predicted octanol–water partition coefficient (Wildman–Crippen LogP) is 1.66. The number of rotatable bonds is 2. The zero-order chi connectivity index (χ0) is 11.5. The van der Waals surface area contributed by atoms with Gasteiger partial charge in [0.2, 0.25) is 5.28 Å². The first-order chi connectivity index (χ1) is 7.66. The summed E-state index contributed by atoms with van der Waals surface area (Å²) in [7, 11) is 4.25. The van der Waals surface area contributed by atoms with E-state index in [4.69, 9.17) is 11.6 Å². The molecule has 1 aromatic heterocycles. The average Bonchev–Trinajstić information content (AvgIpc) is 2.29. The van der Waals surface area contributed by atoms with Gasteiger partial charge in [0, 0.05) is 25.3 Å². The van der Waals surface area contributed by atoms with E-state index in [0.717, 1.165) is 18.9 Å². The van der Waals surface area contributed by atoms with Crippen molar-refractivity contribution in [2.75, 3.05) is 32.1 Å². The fourth-order valence-corrected chi connectivity index (χ4v) is 2.23. The quantitative estimate of drug-likeness (QED) is 0.736. The van der Waals surface area contributed by atoms with E-state index in [1.165, 1.54) is 12.8 Å². The number of halogens is 1. The molecule has 0 saturated carbocycles. The summed E-state index contributed by atoms with van der Waals surface area (Å²) in [5.74, 6) is 0.937. The fourth-order valence-electron chi connectivity index (χ4n) is 2.09. The van der Waals surface area contributed by atoms with Crippen LogP contribution in [0.4, 0.5) is 5.82 Å². The largest absolute Gasteiger partial charge is 0.355 e. The van der Waals surface area contributed by atoms with Gasteiger partial charge in [0.25, 0.3) is 0 Å². The van der Waals surface area contributed by atoms with Crippen molar-refractivity contribution in [3.05, 3.63) is 17.5 Å². The van der Waals surface area contributed by atoms with E-state index in [-0.39, 0.29) is 0 Å². The normalized spacial score (nSPS) is 21.5. The van der Waals surface area contributed by atoms with E-state index >= 15 is 0 Å². The van der Waals surface area contributed by atoms with Crippen LogP contribution in [0.25, 0.3) is 0 Å². The Labute approximate surface area is 101 Å². The molecule has 88 valence electrons. The summed E-state index contributed by atoms with van der Waals surface area (Å²) in [5, 5.41) is 0.324. The lowest BCUT2D eigenvalue weighted by Gasteiger charge is -2.36. The maximum atomic E-state index is 5.80. The summed E-state index contributed by atoms with van der Waals surface area (Å²) in [6.07, 6.45) is 4.16. The maximum absolute atomic E-state index is 5.80. The van der Waals surface area contributed by atoms with Crippen molar-refractivity contribution < 1.29 is 0 Å². The average molecular weight is 241 g/mol. The molecule has 0 aliphatic carbocycles. The van der Waals surface area contributed by atoms with Crippen LogP contribution < -0.4 is 4.90 Å². The van der Waals surface area contributed by atoms with Crippen molar-refractivity contribution in [1.82, 2.24) is 14.9 Å². The van der Waals surface area contributed by atoms with Gasteiger partial charge < -0.3 is 9.80 Å². The highest BCUT2D eigenvalue weighted by atomic mass is 35.5. The SMILES string of the molecule is CN(C)C1CCCN(c2ccnc(Cl)n2)C1. The molecule has 5 heteroatoms. The number of hydrogen-bond acceptors (Lipinski definition) is 4. The molecule has 1 atom stereocenters. The van der Waals surface area contributed by atoms with Crippen LogP contribution in [0.1, 0.15) is 12.8 Å². The van der Waals surface area contributed by atoms with Crippen LogP contribution >= 0.6 is 11.6 Å². The highest BCUT2D eigenvalue weighted by Crippen LogP contribution is 2.20. The number of anilines is 1. The van der Waals surface area contributed by atoms with Crippen LogP contribution in [-0.2, 0) is 0 Å². The zero-order valence-electron chi connectivity index (χ0n) is 9.73. The lowest BCUT2D eigenvalue weighted by Crippen LogP contribution is -2.45. The van der Waals surface area contributed by atoms with Gasteiger partial charge >= 0.3 is 0 Å². The van der Waals surface area contributed by atoms with Gasteiger partial charge in [0.1, 0.15) is 5.82 Å². The Morgan fingerprint density at radius 1 is 1.50 bits per heavy atom. The minimum Gasteiger partial charge on any atom is -0.355 e. The number of nitrogens with zero attached hydrogens (tertiary/aromatic N) is 4.